The normalized spacial score (nSPS) is 10.5. The Morgan fingerprint density at radius 2 is 2.04 bits per heavy atom. The quantitative estimate of drug-likeness (QED) is 0.676. The Balaban J connectivity index is 1.61. The van der Waals surface area contributed by atoms with Crippen LogP contribution in [0.5, 0.6) is 11.5 Å². The number of benzene rings is 2. The molecule has 0 bridgehead atoms. The molecular weight excluding hydrogens is 334 g/mol. The second-order valence-electron chi connectivity index (χ2n) is 5.61. The van der Waals surface area contributed by atoms with Gasteiger partial charge in [-0.25, -0.2) is 0 Å². The summed E-state index contributed by atoms with van der Waals surface area (Å²) in [6.45, 7) is 2.63. The van der Waals surface area contributed by atoms with Gasteiger partial charge < -0.3 is 15.2 Å². The van der Waals surface area contributed by atoms with Crippen LogP contribution in [0.3, 0.4) is 0 Å². The largest absolute Gasteiger partial charge is 0.508 e. The van der Waals surface area contributed by atoms with Crippen molar-refractivity contribution in [2.24, 2.45) is 0 Å². The first kappa shape index (κ1) is 17.4. The molecule has 8 heteroatoms. The summed E-state index contributed by atoms with van der Waals surface area (Å²) < 4.78 is 5.54. The van der Waals surface area contributed by atoms with Crippen molar-refractivity contribution < 1.29 is 14.6 Å². The molecule has 1 aromatic heterocycles. The molecule has 1 amide bonds. The molecule has 0 saturated heterocycles. The van der Waals surface area contributed by atoms with Gasteiger partial charge >= 0.3 is 0 Å². The van der Waals surface area contributed by atoms with E-state index in [-0.39, 0.29) is 18.2 Å². The molecule has 1 heterocycles. The molecular formula is C18H19N5O3. The summed E-state index contributed by atoms with van der Waals surface area (Å²) in [5.41, 5.74) is 1.28. The molecule has 0 atom stereocenters. The smallest absolute Gasteiger partial charge is 0.248 e. The molecule has 0 unspecified atom stereocenters. The Morgan fingerprint density at radius 3 is 2.77 bits per heavy atom. The number of aromatic nitrogens is 4. The monoisotopic (exact) mass is 353 g/mol. The van der Waals surface area contributed by atoms with Crippen molar-refractivity contribution in [2.45, 2.75) is 19.9 Å². The lowest BCUT2D eigenvalue weighted by Crippen LogP contribution is -2.20. The summed E-state index contributed by atoms with van der Waals surface area (Å²) in [5.74, 6) is 0.976. The van der Waals surface area contributed by atoms with Crippen molar-refractivity contribution in [3.05, 3.63) is 48.5 Å². The first-order valence-corrected chi connectivity index (χ1v) is 8.24. The van der Waals surface area contributed by atoms with Crippen LogP contribution >= 0.6 is 0 Å². The highest BCUT2D eigenvalue weighted by atomic mass is 16.5. The molecule has 0 aliphatic carbocycles. The SMILES string of the molecule is CCCOc1ccc(-c2nnn(CC(=O)Nc3cccc(O)c3)n2)cc1. The number of ether oxygens (including phenoxy) is 1. The fourth-order valence-corrected chi connectivity index (χ4v) is 2.26. The van der Waals surface area contributed by atoms with E-state index >= 15 is 0 Å². The number of aromatic hydroxyl groups is 1. The van der Waals surface area contributed by atoms with E-state index in [0.717, 1.165) is 17.7 Å². The van der Waals surface area contributed by atoms with Crippen molar-refractivity contribution in [3.8, 4) is 22.9 Å². The van der Waals surface area contributed by atoms with Crippen molar-refractivity contribution >= 4 is 11.6 Å². The van der Waals surface area contributed by atoms with Crippen LogP contribution in [0.1, 0.15) is 13.3 Å². The van der Waals surface area contributed by atoms with Gasteiger partial charge in [-0.3, -0.25) is 4.79 Å². The minimum atomic E-state index is -0.317. The third-order valence-corrected chi connectivity index (χ3v) is 3.45. The van der Waals surface area contributed by atoms with E-state index in [2.05, 4.69) is 20.7 Å². The number of hydrogen-bond acceptors (Lipinski definition) is 6. The molecule has 0 aliphatic heterocycles. The zero-order valence-corrected chi connectivity index (χ0v) is 14.3. The highest BCUT2D eigenvalue weighted by Gasteiger charge is 2.10. The van der Waals surface area contributed by atoms with Crippen molar-refractivity contribution in [2.75, 3.05) is 11.9 Å². The fourth-order valence-electron chi connectivity index (χ4n) is 2.26. The molecule has 134 valence electrons. The lowest BCUT2D eigenvalue weighted by Gasteiger charge is -2.04. The predicted octanol–water partition coefficient (Wildman–Crippen LogP) is 2.47. The van der Waals surface area contributed by atoms with Gasteiger partial charge in [0.05, 0.1) is 6.61 Å². The first-order chi connectivity index (χ1) is 12.6. The van der Waals surface area contributed by atoms with Gasteiger partial charge in [0.25, 0.3) is 0 Å². The summed E-state index contributed by atoms with van der Waals surface area (Å²) in [6.07, 6.45) is 0.947. The molecule has 2 N–H and O–H groups in total. The Bertz CT molecular complexity index is 877. The van der Waals surface area contributed by atoms with E-state index in [1.807, 2.05) is 31.2 Å². The molecule has 2 aromatic carbocycles. The van der Waals surface area contributed by atoms with Crippen LogP contribution in [0.25, 0.3) is 11.4 Å². The van der Waals surface area contributed by atoms with E-state index in [9.17, 15) is 9.90 Å². The maximum atomic E-state index is 12.0. The summed E-state index contributed by atoms with van der Waals surface area (Å²) in [7, 11) is 0. The number of tetrazole rings is 1. The summed E-state index contributed by atoms with van der Waals surface area (Å²) >= 11 is 0. The van der Waals surface area contributed by atoms with Crippen LogP contribution in [0, 0.1) is 0 Å². The summed E-state index contributed by atoms with van der Waals surface area (Å²) in [5, 5.41) is 24.2. The fraction of sp³-hybridized carbons (Fsp3) is 0.222. The molecule has 26 heavy (non-hydrogen) atoms. The molecule has 3 rings (SSSR count). The number of carbonyl (C=O) groups excluding carboxylic acids is 1. The Kier molecular flexibility index (Phi) is 5.43. The molecule has 0 aliphatic rings. The van der Waals surface area contributed by atoms with Crippen LogP contribution < -0.4 is 10.1 Å². The lowest BCUT2D eigenvalue weighted by atomic mass is 10.2. The number of amides is 1. The van der Waals surface area contributed by atoms with Crippen LogP contribution in [-0.2, 0) is 11.3 Å². The lowest BCUT2D eigenvalue weighted by molar-refractivity contribution is -0.117. The zero-order chi connectivity index (χ0) is 18.4. The number of carbonyl (C=O) groups is 1. The van der Waals surface area contributed by atoms with Gasteiger partial charge in [-0.15, -0.1) is 10.2 Å². The van der Waals surface area contributed by atoms with Crippen molar-refractivity contribution in [1.29, 1.82) is 0 Å². The number of hydrogen-bond donors (Lipinski definition) is 2. The van der Waals surface area contributed by atoms with Gasteiger partial charge in [0.1, 0.15) is 18.0 Å². The van der Waals surface area contributed by atoms with Crippen molar-refractivity contribution in [3.63, 3.8) is 0 Å². The van der Waals surface area contributed by atoms with Gasteiger partial charge in [-0.1, -0.05) is 13.0 Å². The summed E-state index contributed by atoms with van der Waals surface area (Å²) in [4.78, 5) is 13.3. The number of rotatable bonds is 7. The van der Waals surface area contributed by atoms with Gasteiger partial charge in [0, 0.05) is 17.3 Å². The molecule has 0 fully saturated rings. The van der Waals surface area contributed by atoms with Gasteiger partial charge in [-0.05, 0) is 48.0 Å². The van der Waals surface area contributed by atoms with Crippen LogP contribution in [0.4, 0.5) is 5.69 Å². The van der Waals surface area contributed by atoms with Gasteiger partial charge in [0.15, 0.2) is 0 Å². The second kappa shape index (κ2) is 8.11. The second-order valence-corrected chi connectivity index (χ2v) is 5.61. The Hall–Kier alpha value is -3.42. The van der Waals surface area contributed by atoms with Crippen molar-refractivity contribution in [1.82, 2.24) is 20.2 Å². The highest BCUT2D eigenvalue weighted by molar-refractivity contribution is 5.90. The maximum absolute atomic E-state index is 12.0. The zero-order valence-electron chi connectivity index (χ0n) is 14.3. The number of nitrogens with one attached hydrogen (secondary N) is 1. The van der Waals surface area contributed by atoms with E-state index in [1.54, 1.807) is 12.1 Å². The number of phenols is 1. The maximum Gasteiger partial charge on any atom is 0.248 e. The van der Waals surface area contributed by atoms with Gasteiger partial charge in [0.2, 0.25) is 11.7 Å². The molecule has 8 nitrogen and oxygen atoms in total. The Labute approximate surface area is 150 Å². The van der Waals surface area contributed by atoms with Crippen LogP contribution in [0.2, 0.25) is 0 Å². The number of anilines is 1. The van der Waals surface area contributed by atoms with Crippen LogP contribution in [0.15, 0.2) is 48.5 Å². The molecule has 3 aromatic rings. The van der Waals surface area contributed by atoms with E-state index in [4.69, 9.17) is 4.74 Å². The number of nitrogens with zero attached hydrogens (tertiary/aromatic N) is 4. The Morgan fingerprint density at radius 1 is 1.23 bits per heavy atom. The average molecular weight is 353 g/mol. The third-order valence-electron chi connectivity index (χ3n) is 3.45. The first-order valence-electron chi connectivity index (χ1n) is 8.24. The van der Waals surface area contributed by atoms with Gasteiger partial charge in [-0.2, -0.15) is 4.80 Å². The molecule has 0 radical (unpaired) electrons. The third kappa shape index (κ3) is 4.56. The molecule has 0 saturated carbocycles. The number of phenolic OH excluding ortho intramolecular Hbond substituents is 1. The molecule has 0 spiro atoms. The summed E-state index contributed by atoms with van der Waals surface area (Å²) in [6, 6.07) is 13.7. The van der Waals surface area contributed by atoms with E-state index in [1.165, 1.54) is 16.9 Å². The predicted molar refractivity (Wildman–Crippen MR) is 95.8 cm³/mol. The minimum Gasteiger partial charge on any atom is -0.508 e. The van der Waals surface area contributed by atoms with E-state index < -0.39 is 0 Å². The standard InChI is InChI=1S/C18H19N5O3/c1-2-10-26-16-8-6-13(7-9-16)18-20-22-23(21-18)12-17(25)19-14-4-3-5-15(24)11-14/h3-9,11,24H,2,10,12H2,1H3,(H,19,25). The van der Waals surface area contributed by atoms with Crippen LogP contribution in [-0.4, -0.2) is 37.8 Å². The average Bonchev–Trinajstić information content (AvgIpc) is 3.08. The van der Waals surface area contributed by atoms with E-state index in [0.29, 0.717) is 18.1 Å². The highest BCUT2D eigenvalue weighted by Crippen LogP contribution is 2.19. The minimum absolute atomic E-state index is 0.0790. The topological polar surface area (TPSA) is 102 Å².